The molecule has 2 rings (SSSR count). The molecule has 0 radical (unpaired) electrons. The minimum atomic E-state index is 0.319. The Labute approximate surface area is 105 Å². The number of benzene rings is 1. The minimum Gasteiger partial charge on any atom is -0.493 e. The van der Waals surface area contributed by atoms with Crippen molar-refractivity contribution in [2.45, 2.75) is 13.3 Å². The van der Waals surface area contributed by atoms with Gasteiger partial charge in [-0.05, 0) is 24.1 Å². The van der Waals surface area contributed by atoms with E-state index in [9.17, 15) is 0 Å². The summed E-state index contributed by atoms with van der Waals surface area (Å²) in [6, 6.07) is 5.60. The van der Waals surface area contributed by atoms with Crippen LogP contribution in [-0.2, 0) is 6.42 Å². The predicted molar refractivity (Wildman–Crippen MR) is 68.8 cm³/mol. The third-order valence-electron chi connectivity index (χ3n) is 2.80. The lowest BCUT2D eigenvalue weighted by Crippen LogP contribution is -1.93. The number of nitrogens with zero attached hydrogens (tertiary/aromatic N) is 1. The molecule has 0 amide bonds. The lowest BCUT2D eigenvalue weighted by Gasteiger charge is -2.09. The van der Waals surface area contributed by atoms with Crippen molar-refractivity contribution in [1.29, 1.82) is 0 Å². The van der Waals surface area contributed by atoms with Gasteiger partial charge in [-0.25, -0.2) is 0 Å². The topological polar surface area (TPSA) is 70.5 Å². The molecule has 0 unspecified atom stereocenters. The van der Waals surface area contributed by atoms with Crippen LogP contribution in [0, 0.1) is 0 Å². The maximum atomic E-state index is 5.81. The highest BCUT2D eigenvalue weighted by Crippen LogP contribution is 2.36. The molecule has 0 saturated carbocycles. The van der Waals surface area contributed by atoms with Gasteiger partial charge in [-0.15, -0.1) is 0 Å². The molecule has 2 N–H and O–H groups in total. The quantitative estimate of drug-likeness (QED) is 0.900. The van der Waals surface area contributed by atoms with Crippen LogP contribution in [0.3, 0.4) is 0 Å². The smallest absolute Gasteiger partial charge is 0.230 e. The molecule has 0 fully saturated rings. The van der Waals surface area contributed by atoms with Crippen molar-refractivity contribution in [2.24, 2.45) is 0 Å². The van der Waals surface area contributed by atoms with Crippen molar-refractivity contribution in [2.75, 3.05) is 20.0 Å². The molecule has 1 heterocycles. The Kier molecular flexibility index (Phi) is 3.41. The van der Waals surface area contributed by atoms with Crippen LogP contribution in [-0.4, -0.2) is 19.4 Å². The number of aryl methyl sites for hydroxylation is 1. The van der Waals surface area contributed by atoms with E-state index >= 15 is 0 Å². The van der Waals surface area contributed by atoms with Gasteiger partial charge in [0.25, 0.3) is 0 Å². The SMILES string of the molecule is CCc1noc(N)c1-c1ccc(OC)c(OC)c1. The maximum Gasteiger partial charge on any atom is 0.230 e. The Bertz CT molecular complexity index is 549. The Morgan fingerprint density at radius 3 is 2.56 bits per heavy atom. The first-order valence-corrected chi connectivity index (χ1v) is 5.67. The lowest BCUT2D eigenvalue weighted by atomic mass is 10.0. The molecular formula is C13H16N2O3. The van der Waals surface area contributed by atoms with Crippen LogP contribution in [0.2, 0.25) is 0 Å². The fourth-order valence-corrected chi connectivity index (χ4v) is 1.88. The fraction of sp³-hybridized carbons (Fsp3) is 0.308. The normalized spacial score (nSPS) is 10.4. The van der Waals surface area contributed by atoms with Gasteiger partial charge in [-0.2, -0.15) is 0 Å². The molecular weight excluding hydrogens is 232 g/mol. The van der Waals surface area contributed by atoms with Crippen molar-refractivity contribution in [3.05, 3.63) is 23.9 Å². The Hall–Kier alpha value is -2.17. The second-order valence-electron chi connectivity index (χ2n) is 3.79. The predicted octanol–water partition coefficient (Wildman–Crippen LogP) is 2.50. The summed E-state index contributed by atoms with van der Waals surface area (Å²) in [5.74, 6) is 1.64. The molecule has 0 aliphatic carbocycles. The summed E-state index contributed by atoms with van der Waals surface area (Å²) in [6.45, 7) is 2.00. The largest absolute Gasteiger partial charge is 0.493 e. The Balaban J connectivity index is 2.54. The van der Waals surface area contributed by atoms with Gasteiger partial charge >= 0.3 is 0 Å². The van der Waals surface area contributed by atoms with Crippen molar-refractivity contribution in [1.82, 2.24) is 5.16 Å². The van der Waals surface area contributed by atoms with Crippen molar-refractivity contribution >= 4 is 5.88 Å². The van der Waals surface area contributed by atoms with Crippen molar-refractivity contribution < 1.29 is 14.0 Å². The second-order valence-corrected chi connectivity index (χ2v) is 3.79. The van der Waals surface area contributed by atoms with E-state index in [0.717, 1.165) is 23.2 Å². The average Bonchev–Trinajstić information content (AvgIpc) is 2.79. The van der Waals surface area contributed by atoms with E-state index in [0.29, 0.717) is 17.4 Å². The third kappa shape index (κ3) is 1.99. The molecule has 96 valence electrons. The highest BCUT2D eigenvalue weighted by molar-refractivity contribution is 5.76. The van der Waals surface area contributed by atoms with Crippen molar-refractivity contribution in [3.8, 4) is 22.6 Å². The number of methoxy groups -OCH3 is 2. The highest BCUT2D eigenvalue weighted by atomic mass is 16.5. The summed E-state index contributed by atoms with van der Waals surface area (Å²) in [5.41, 5.74) is 8.37. The standard InChI is InChI=1S/C13H16N2O3/c1-4-9-12(13(14)18-15-9)8-5-6-10(16-2)11(7-8)17-3/h5-7H,4,14H2,1-3H3. The van der Waals surface area contributed by atoms with Crippen LogP contribution in [0.15, 0.2) is 22.7 Å². The molecule has 5 nitrogen and oxygen atoms in total. The molecule has 0 atom stereocenters. The fourth-order valence-electron chi connectivity index (χ4n) is 1.88. The van der Waals surface area contributed by atoms with E-state index < -0.39 is 0 Å². The van der Waals surface area contributed by atoms with Crippen LogP contribution >= 0.6 is 0 Å². The average molecular weight is 248 g/mol. The van der Waals surface area contributed by atoms with Gasteiger partial charge in [0.1, 0.15) is 0 Å². The zero-order valence-corrected chi connectivity index (χ0v) is 10.7. The van der Waals surface area contributed by atoms with Gasteiger partial charge in [0.2, 0.25) is 5.88 Å². The first-order chi connectivity index (χ1) is 8.71. The summed E-state index contributed by atoms with van der Waals surface area (Å²) < 4.78 is 15.5. The van der Waals surface area contributed by atoms with Gasteiger partial charge in [-0.1, -0.05) is 18.1 Å². The van der Waals surface area contributed by atoms with Gasteiger partial charge in [-0.3, -0.25) is 0 Å². The van der Waals surface area contributed by atoms with E-state index in [1.807, 2.05) is 25.1 Å². The summed E-state index contributed by atoms with van der Waals surface area (Å²) in [4.78, 5) is 0. The number of nitrogen functional groups attached to an aromatic ring is 1. The Morgan fingerprint density at radius 2 is 1.94 bits per heavy atom. The van der Waals surface area contributed by atoms with Crippen LogP contribution in [0.5, 0.6) is 11.5 Å². The number of aromatic nitrogens is 1. The molecule has 1 aromatic heterocycles. The number of hydrogen-bond acceptors (Lipinski definition) is 5. The van der Waals surface area contributed by atoms with E-state index in [2.05, 4.69) is 5.16 Å². The monoisotopic (exact) mass is 248 g/mol. The summed E-state index contributed by atoms with van der Waals surface area (Å²) in [6.07, 6.45) is 0.754. The third-order valence-corrected chi connectivity index (χ3v) is 2.80. The Morgan fingerprint density at radius 1 is 1.22 bits per heavy atom. The minimum absolute atomic E-state index is 0.319. The van der Waals surface area contributed by atoms with Crippen LogP contribution in [0.1, 0.15) is 12.6 Å². The second kappa shape index (κ2) is 5.00. The molecule has 0 saturated heterocycles. The zero-order valence-electron chi connectivity index (χ0n) is 10.7. The van der Waals surface area contributed by atoms with Gasteiger partial charge in [0, 0.05) is 0 Å². The molecule has 5 heteroatoms. The zero-order chi connectivity index (χ0) is 13.1. The molecule has 0 bridgehead atoms. The molecule has 2 aromatic rings. The van der Waals surface area contributed by atoms with E-state index in [4.69, 9.17) is 19.7 Å². The van der Waals surface area contributed by atoms with E-state index in [-0.39, 0.29) is 0 Å². The van der Waals surface area contributed by atoms with Gasteiger partial charge in [0.05, 0.1) is 25.5 Å². The van der Waals surface area contributed by atoms with E-state index in [1.165, 1.54) is 0 Å². The van der Waals surface area contributed by atoms with Crippen LogP contribution in [0.25, 0.3) is 11.1 Å². The lowest BCUT2D eigenvalue weighted by molar-refractivity contribution is 0.355. The van der Waals surface area contributed by atoms with Crippen molar-refractivity contribution in [3.63, 3.8) is 0 Å². The van der Waals surface area contributed by atoms with Gasteiger partial charge in [0.15, 0.2) is 11.5 Å². The highest BCUT2D eigenvalue weighted by Gasteiger charge is 2.16. The first kappa shape index (κ1) is 12.3. The maximum absolute atomic E-state index is 5.81. The summed E-state index contributed by atoms with van der Waals surface area (Å²) >= 11 is 0. The molecule has 18 heavy (non-hydrogen) atoms. The van der Waals surface area contributed by atoms with E-state index in [1.54, 1.807) is 14.2 Å². The number of anilines is 1. The molecule has 1 aromatic carbocycles. The summed E-state index contributed by atoms with van der Waals surface area (Å²) in [7, 11) is 3.20. The molecule has 0 aliphatic rings. The summed E-state index contributed by atoms with van der Waals surface area (Å²) in [5, 5.41) is 3.94. The van der Waals surface area contributed by atoms with Gasteiger partial charge < -0.3 is 19.7 Å². The molecule has 0 aliphatic heterocycles. The van der Waals surface area contributed by atoms with Crippen LogP contribution in [0.4, 0.5) is 5.88 Å². The number of ether oxygens (including phenoxy) is 2. The number of hydrogen-bond donors (Lipinski definition) is 1. The number of nitrogens with two attached hydrogens (primary N) is 1. The number of rotatable bonds is 4. The van der Waals surface area contributed by atoms with Crippen LogP contribution < -0.4 is 15.2 Å². The first-order valence-electron chi connectivity index (χ1n) is 5.67. The molecule has 0 spiro atoms.